The van der Waals surface area contributed by atoms with Gasteiger partial charge in [-0.1, -0.05) is 47.5 Å². The molecule has 0 saturated carbocycles. The highest BCUT2D eigenvalue weighted by Crippen LogP contribution is 2.44. The molecule has 0 amide bonds. The molecule has 0 aliphatic carbocycles. The van der Waals surface area contributed by atoms with E-state index in [9.17, 15) is 17.8 Å². The zero-order valence-corrected chi connectivity index (χ0v) is 18.8. The van der Waals surface area contributed by atoms with Crippen molar-refractivity contribution >= 4 is 45.2 Å². The summed E-state index contributed by atoms with van der Waals surface area (Å²) in [7, 11) is -3.33. The summed E-state index contributed by atoms with van der Waals surface area (Å²) in [5, 5.41) is 0.821. The number of carbonyl (C=O) groups excluding carboxylic acids is 1. The molecule has 0 fully saturated rings. The van der Waals surface area contributed by atoms with Gasteiger partial charge in [0, 0.05) is 38.5 Å². The summed E-state index contributed by atoms with van der Waals surface area (Å²) in [5.74, 6) is -0.809. The zero-order chi connectivity index (χ0) is 23.0. The van der Waals surface area contributed by atoms with Gasteiger partial charge >= 0.3 is 6.16 Å². The smallest absolute Gasteiger partial charge is 0.437 e. The van der Waals surface area contributed by atoms with E-state index < -0.39 is 28.1 Å². The number of nitrogens with zero attached hydrogens (tertiary/aromatic N) is 1. The molecule has 11 heteroatoms. The predicted molar refractivity (Wildman–Crippen MR) is 121 cm³/mol. The molecule has 8 nitrogen and oxygen atoms in total. The topological polar surface area (TPSA) is 118 Å². The van der Waals surface area contributed by atoms with E-state index in [0.717, 1.165) is 7.11 Å². The molecule has 166 valence electrons. The summed E-state index contributed by atoms with van der Waals surface area (Å²) in [5.41, 5.74) is 2.95. The fourth-order valence-electron chi connectivity index (χ4n) is 3.60. The van der Waals surface area contributed by atoms with E-state index in [2.05, 4.69) is 14.7 Å². The maximum Gasteiger partial charge on any atom is 0.514 e. The van der Waals surface area contributed by atoms with Crippen LogP contribution in [0.4, 0.5) is 4.79 Å². The molecule has 0 saturated heterocycles. The number of ether oxygens (including phenoxy) is 2. The third-order valence-corrected chi connectivity index (χ3v) is 6.18. The normalized spacial score (nSPS) is 15.2. The number of aromatic amines is 1. The minimum atomic E-state index is -4.47. The van der Waals surface area contributed by atoms with Crippen LogP contribution in [-0.4, -0.2) is 42.7 Å². The fourth-order valence-corrected chi connectivity index (χ4v) is 4.64. The van der Waals surface area contributed by atoms with Gasteiger partial charge in [-0.15, -0.1) is 0 Å². The molecule has 0 bridgehead atoms. The van der Waals surface area contributed by atoms with Crippen molar-refractivity contribution in [3.63, 3.8) is 0 Å². The molecule has 0 spiro atoms. The lowest BCUT2D eigenvalue weighted by molar-refractivity contribution is 0.119. The number of H-pyrrole nitrogens is 1. The first kappa shape index (κ1) is 22.3. The molecular formula is C21H16Cl2N2O6S. The average molecular weight is 495 g/mol. The van der Waals surface area contributed by atoms with Gasteiger partial charge in [0.2, 0.25) is 5.88 Å². The van der Waals surface area contributed by atoms with Gasteiger partial charge in [0.1, 0.15) is 5.75 Å². The van der Waals surface area contributed by atoms with E-state index in [1.807, 2.05) is 0 Å². The first-order valence-electron chi connectivity index (χ1n) is 9.23. The SMILES string of the molecule is COC(=O)Oc1[nH]cc2c1C(CS(=O)(=O)O)N=C(c1ccccc1Cl)c1cc(Cl)ccc1-2. The van der Waals surface area contributed by atoms with Gasteiger partial charge in [-0.05, 0) is 23.8 Å². The summed E-state index contributed by atoms with van der Waals surface area (Å²) < 4.78 is 43.1. The quantitative estimate of drug-likeness (QED) is 0.392. The summed E-state index contributed by atoms with van der Waals surface area (Å²) >= 11 is 12.7. The van der Waals surface area contributed by atoms with Crippen molar-refractivity contribution in [1.82, 2.24) is 4.98 Å². The number of fused-ring (bicyclic) bond motifs is 3. The molecule has 2 heterocycles. The monoisotopic (exact) mass is 494 g/mol. The van der Waals surface area contributed by atoms with E-state index >= 15 is 0 Å². The molecule has 1 aliphatic rings. The summed E-state index contributed by atoms with van der Waals surface area (Å²) in [4.78, 5) is 19.2. The first-order valence-corrected chi connectivity index (χ1v) is 11.6. The van der Waals surface area contributed by atoms with Gasteiger partial charge in [-0.25, -0.2) is 4.79 Å². The Balaban J connectivity index is 2.04. The second kappa shape index (κ2) is 8.59. The number of methoxy groups -OCH3 is 1. The van der Waals surface area contributed by atoms with Crippen LogP contribution < -0.4 is 4.74 Å². The summed E-state index contributed by atoms with van der Waals surface area (Å²) in [6.45, 7) is 0. The zero-order valence-electron chi connectivity index (χ0n) is 16.5. The number of rotatable bonds is 4. The van der Waals surface area contributed by atoms with Crippen molar-refractivity contribution in [2.45, 2.75) is 6.04 Å². The molecule has 4 rings (SSSR count). The minimum absolute atomic E-state index is 0.0504. The molecule has 1 unspecified atom stereocenters. The maximum absolute atomic E-state index is 11.9. The van der Waals surface area contributed by atoms with Crippen molar-refractivity contribution in [1.29, 1.82) is 0 Å². The lowest BCUT2D eigenvalue weighted by atomic mass is 9.93. The van der Waals surface area contributed by atoms with Gasteiger partial charge in [0.05, 0.1) is 18.9 Å². The number of halogens is 2. The van der Waals surface area contributed by atoms with Crippen LogP contribution in [0.15, 0.2) is 53.7 Å². The van der Waals surface area contributed by atoms with Gasteiger partial charge < -0.3 is 14.5 Å². The van der Waals surface area contributed by atoms with E-state index in [4.69, 9.17) is 27.9 Å². The van der Waals surface area contributed by atoms with Crippen molar-refractivity contribution in [3.05, 3.63) is 75.4 Å². The largest absolute Gasteiger partial charge is 0.514 e. The van der Waals surface area contributed by atoms with Crippen LogP contribution in [0.1, 0.15) is 22.7 Å². The van der Waals surface area contributed by atoms with Crippen LogP contribution in [0.3, 0.4) is 0 Å². The Labute approximate surface area is 193 Å². The highest BCUT2D eigenvalue weighted by Gasteiger charge is 2.33. The lowest BCUT2D eigenvalue weighted by Gasteiger charge is -2.14. The third-order valence-electron chi connectivity index (χ3n) is 4.88. The van der Waals surface area contributed by atoms with E-state index in [1.54, 1.807) is 48.7 Å². The summed E-state index contributed by atoms with van der Waals surface area (Å²) in [6, 6.07) is 10.9. The van der Waals surface area contributed by atoms with Crippen LogP contribution >= 0.6 is 23.2 Å². The second-order valence-electron chi connectivity index (χ2n) is 6.91. The molecule has 3 aromatic rings. The molecular weight excluding hydrogens is 479 g/mol. The molecule has 1 aliphatic heterocycles. The molecule has 32 heavy (non-hydrogen) atoms. The Hall–Kier alpha value is -2.85. The highest BCUT2D eigenvalue weighted by molar-refractivity contribution is 7.85. The molecule has 2 N–H and O–H groups in total. The van der Waals surface area contributed by atoms with Crippen molar-refractivity contribution in [2.75, 3.05) is 12.9 Å². The lowest BCUT2D eigenvalue weighted by Crippen LogP contribution is -2.16. The Morgan fingerprint density at radius 1 is 1.12 bits per heavy atom. The average Bonchev–Trinajstić information content (AvgIpc) is 3.08. The van der Waals surface area contributed by atoms with Gasteiger partial charge in [-0.2, -0.15) is 8.42 Å². The Kier molecular flexibility index (Phi) is 6.00. The molecule has 1 atom stereocenters. The van der Waals surface area contributed by atoms with Crippen LogP contribution in [0, 0.1) is 0 Å². The number of hydrogen-bond acceptors (Lipinski definition) is 6. The minimum Gasteiger partial charge on any atom is -0.437 e. The number of hydrogen-bond donors (Lipinski definition) is 2. The van der Waals surface area contributed by atoms with Gasteiger partial charge in [0.15, 0.2) is 0 Å². The third kappa shape index (κ3) is 4.37. The van der Waals surface area contributed by atoms with Gasteiger partial charge in [-0.3, -0.25) is 9.55 Å². The Bertz CT molecular complexity index is 1350. The predicted octanol–water partition coefficient (Wildman–Crippen LogP) is 4.91. The summed E-state index contributed by atoms with van der Waals surface area (Å²) in [6.07, 6.45) is 0.554. The number of aliphatic imine (C=N–C) groups is 1. The number of benzene rings is 2. The standard InChI is InChI=1S/C21H16Cl2N2O6S/c1-30-21(26)31-20-18-15(9-24-20)12-7-6-11(22)8-14(12)19(13-4-2-3-5-16(13)23)25-17(18)10-32(27,28)29/h2-9,17,24H,10H2,1H3,(H,27,28,29). The first-order chi connectivity index (χ1) is 15.2. The molecule has 0 radical (unpaired) electrons. The van der Waals surface area contributed by atoms with E-state index in [0.29, 0.717) is 38.0 Å². The van der Waals surface area contributed by atoms with Crippen LogP contribution in [-0.2, 0) is 14.9 Å². The molecule has 1 aromatic heterocycles. The van der Waals surface area contributed by atoms with Crippen molar-refractivity contribution in [3.8, 4) is 17.0 Å². The maximum atomic E-state index is 11.9. The Morgan fingerprint density at radius 2 is 1.88 bits per heavy atom. The van der Waals surface area contributed by atoms with Crippen molar-refractivity contribution in [2.24, 2.45) is 4.99 Å². The van der Waals surface area contributed by atoms with Crippen LogP contribution in [0.5, 0.6) is 5.88 Å². The number of carbonyl (C=O) groups is 1. The number of aromatic nitrogens is 1. The van der Waals surface area contributed by atoms with Crippen LogP contribution in [0.2, 0.25) is 10.0 Å². The number of nitrogens with one attached hydrogen (secondary N) is 1. The van der Waals surface area contributed by atoms with E-state index in [-0.39, 0.29) is 11.4 Å². The highest BCUT2D eigenvalue weighted by atomic mass is 35.5. The fraction of sp³-hybridized carbons (Fsp3) is 0.143. The van der Waals surface area contributed by atoms with Gasteiger partial charge in [0.25, 0.3) is 10.1 Å². The Morgan fingerprint density at radius 3 is 2.56 bits per heavy atom. The second-order valence-corrected chi connectivity index (χ2v) is 9.25. The van der Waals surface area contributed by atoms with Crippen LogP contribution in [0.25, 0.3) is 11.1 Å². The molecule has 2 aromatic carbocycles. The van der Waals surface area contributed by atoms with E-state index in [1.165, 1.54) is 0 Å². The van der Waals surface area contributed by atoms with Crippen molar-refractivity contribution < 1.29 is 27.2 Å².